The molecule has 0 aliphatic carbocycles. The van der Waals surface area contributed by atoms with Crippen LogP contribution < -0.4 is 26.1 Å². The Morgan fingerprint density at radius 2 is 1.97 bits per heavy atom. The van der Waals surface area contributed by atoms with Crippen LogP contribution in [-0.2, 0) is 17.8 Å². The van der Waals surface area contributed by atoms with Gasteiger partial charge in [0.05, 0.1) is 10.7 Å². The first-order valence-corrected chi connectivity index (χ1v) is 11.7. The van der Waals surface area contributed by atoms with Gasteiger partial charge in [-0.15, -0.1) is 0 Å². The topological polar surface area (TPSA) is 110 Å². The monoisotopic (exact) mass is 504 g/mol. The van der Waals surface area contributed by atoms with Gasteiger partial charge in [-0.1, -0.05) is 36.5 Å². The Morgan fingerprint density at radius 1 is 1.26 bits per heavy atom. The van der Waals surface area contributed by atoms with Gasteiger partial charge in [0.1, 0.15) is 11.3 Å². The third kappa shape index (κ3) is 6.52. The fraction of sp³-hybridized carbons (Fsp3) is 0.333. The van der Waals surface area contributed by atoms with Gasteiger partial charge in [0, 0.05) is 63.1 Å². The van der Waals surface area contributed by atoms with Crippen molar-refractivity contribution < 1.29 is 13.9 Å². The summed E-state index contributed by atoms with van der Waals surface area (Å²) in [6, 6.07) is 10.5. The summed E-state index contributed by atoms with van der Waals surface area (Å²) in [5.41, 5.74) is 8.59. The molecule has 1 aromatic heterocycles. The number of anilines is 1. The quantitative estimate of drug-likeness (QED) is 0.138. The van der Waals surface area contributed by atoms with E-state index in [1.165, 1.54) is 6.92 Å². The second-order valence-electron chi connectivity index (χ2n) is 7.85. The lowest BCUT2D eigenvalue weighted by atomic mass is 9.97. The minimum Gasteiger partial charge on any atom is -0.427 e. The molecule has 8 nitrogen and oxygen atoms in total. The molecule has 10 heteroatoms. The number of carbonyl (C=O) groups excluding carboxylic acids is 1. The van der Waals surface area contributed by atoms with Crippen LogP contribution >= 0.6 is 24.4 Å². The molecule has 1 aliphatic heterocycles. The molecule has 0 amide bonds. The van der Waals surface area contributed by atoms with Gasteiger partial charge in [0.15, 0.2) is 0 Å². The number of nitrogen functional groups attached to an aromatic ring is 1. The zero-order chi connectivity index (χ0) is 24.7. The average Bonchev–Trinajstić information content (AvgIpc) is 2.79. The van der Waals surface area contributed by atoms with Crippen LogP contribution in [0.3, 0.4) is 0 Å². The van der Waals surface area contributed by atoms with Crippen LogP contribution in [0.4, 0.5) is 5.69 Å². The maximum Gasteiger partial charge on any atom is 0.340 e. The molecule has 0 unspecified atom stereocenters. The number of rotatable bonds is 5. The number of thiol groups is 1. The van der Waals surface area contributed by atoms with Crippen LogP contribution in [0.2, 0.25) is 5.02 Å². The van der Waals surface area contributed by atoms with Gasteiger partial charge in [-0.3, -0.25) is 14.4 Å². The fourth-order valence-electron chi connectivity index (χ4n) is 3.89. The summed E-state index contributed by atoms with van der Waals surface area (Å²) in [5.74, 6) is -0.0986. The Kier molecular flexibility index (Phi) is 9.37. The third-order valence-corrected chi connectivity index (χ3v) is 5.88. The van der Waals surface area contributed by atoms with Gasteiger partial charge in [-0.2, -0.15) is 0 Å². The summed E-state index contributed by atoms with van der Waals surface area (Å²) in [4.78, 5) is 26.7. The van der Waals surface area contributed by atoms with Gasteiger partial charge in [0.2, 0.25) is 0 Å². The van der Waals surface area contributed by atoms with E-state index in [1.807, 2.05) is 18.2 Å². The predicted molar refractivity (Wildman–Crippen MR) is 139 cm³/mol. The van der Waals surface area contributed by atoms with Crippen molar-refractivity contribution in [2.75, 3.05) is 39.0 Å². The highest BCUT2D eigenvalue weighted by molar-refractivity contribution is 7.78. The molecule has 1 fully saturated rings. The number of nitrogens with zero attached hydrogens (tertiary/aromatic N) is 1. The molecule has 3 aromatic rings. The molecule has 1 saturated heterocycles. The minimum atomic E-state index is -0.435. The van der Waals surface area contributed by atoms with Gasteiger partial charge >= 0.3 is 11.6 Å². The number of halogens is 1. The molecule has 4 N–H and O–H groups in total. The van der Waals surface area contributed by atoms with Crippen molar-refractivity contribution in [2.45, 2.75) is 19.9 Å². The Balaban J connectivity index is 0.00000103. The van der Waals surface area contributed by atoms with Crippen LogP contribution in [-0.4, -0.2) is 44.1 Å². The van der Waals surface area contributed by atoms with Gasteiger partial charge in [-0.05, 0) is 36.4 Å². The van der Waals surface area contributed by atoms with Crippen LogP contribution in [0, 0.1) is 0 Å². The number of fused-ring (bicyclic) bond motifs is 1. The molecule has 34 heavy (non-hydrogen) atoms. The highest BCUT2D eigenvalue weighted by Crippen LogP contribution is 2.30. The molecule has 0 bridgehead atoms. The van der Waals surface area contributed by atoms with Crippen molar-refractivity contribution in [3.05, 3.63) is 68.5 Å². The second kappa shape index (κ2) is 12.2. The zero-order valence-electron chi connectivity index (χ0n) is 19.2. The van der Waals surface area contributed by atoms with E-state index in [1.54, 1.807) is 25.2 Å². The number of nitrogens with two attached hydrogens (primary N) is 1. The standard InChI is InChI=1S/C23H24ClN3O4.CH5NS/c1-14(28)30-16-5-6-17-19(13-27-9-7-26-8-10-27)18(23(29)31-21(17)12-16)11-15-3-2-4-20(25)22(15)24;1-2-3/h2-6,12,26H,7-11,13,25H2,1H3;2-3H,1H3. The number of piperazine rings is 1. The number of esters is 1. The first kappa shape index (κ1) is 26.1. The molecule has 1 aliphatic rings. The number of ether oxygens (including phenoxy) is 1. The van der Waals surface area contributed by atoms with E-state index < -0.39 is 11.6 Å². The second-order valence-corrected chi connectivity index (χ2v) is 8.67. The Bertz CT molecular complexity index is 1210. The molecule has 182 valence electrons. The third-order valence-electron chi connectivity index (χ3n) is 5.42. The lowest BCUT2D eigenvalue weighted by molar-refractivity contribution is -0.131. The Hall–Kier alpha value is -2.56. The first-order valence-electron chi connectivity index (χ1n) is 10.9. The van der Waals surface area contributed by atoms with Crippen molar-refractivity contribution in [2.24, 2.45) is 0 Å². The first-order chi connectivity index (χ1) is 16.3. The lowest BCUT2D eigenvalue weighted by Gasteiger charge is -2.28. The Labute approximate surface area is 208 Å². The highest BCUT2D eigenvalue weighted by atomic mass is 35.5. The van der Waals surface area contributed by atoms with E-state index in [-0.39, 0.29) is 0 Å². The molecular formula is C24H29ClN4O4S. The van der Waals surface area contributed by atoms with Gasteiger partial charge < -0.3 is 20.2 Å². The minimum absolute atomic E-state index is 0.315. The largest absolute Gasteiger partial charge is 0.427 e. The number of hydrogen-bond donors (Lipinski definition) is 4. The van der Waals surface area contributed by atoms with E-state index in [0.29, 0.717) is 40.6 Å². The number of carbonyl (C=O) groups is 1. The highest BCUT2D eigenvalue weighted by Gasteiger charge is 2.20. The smallest absolute Gasteiger partial charge is 0.340 e. The summed E-state index contributed by atoms with van der Waals surface area (Å²) >= 11 is 9.94. The van der Waals surface area contributed by atoms with Gasteiger partial charge in [0.25, 0.3) is 0 Å². The summed E-state index contributed by atoms with van der Waals surface area (Å²) in [6.07, 6.45) is 0.315. The SMILES string of the molecule is CC(=O)Oc1ccc2c(CN3CCNCC3)c(Cc3cccc(N)c3Cl)c(=O)oc2c1.CNS. The zero-order valence-corrected chi connectivity index (χ0v) is 20.8. The molecule has 0 radical (unpaired) electrons. The summed E-state index contributed by atoms with van der Waals surface area (Å²) in [6.45, 7) is 5.48. The van der Waals surface area contributed by atoms with E-state index in [9.17, 15) is 9.59 Å². The molecule has 2 heterocycles. The van der Waals surface area contributed by atoms with Crippen molar-refractivity contribution in [1.82, 2.24) is 14.9 Å². The van der Waals surface area contributed by atoms with Crippen LogP contribution in [0.25, 0.3) is 11.0 Å². The maximum atomic E-state index is 13.1. The van der Waals surface area contributed by atoms with Crippen molar-refractivity contribution >= 4 is 47.0 Å². The normalized spacial score (nSPS) is 13.9. The molecule has 0 atom stereocenters. The van der Waals surface area contributed by atoms with E-state index in [2.05, 4.69) is 27.8 Å². The van der Waals surface area contributed by atoms with Crippen molar-refractivity contribution in [1.29, 1.82) is 0 Å². The van der Waals surface area contributed by atoms with E-state index >= 15 is 0 Å². The van der Waals surface area contributed by atoms with Crippen LogP contribution in [0.15, 0.2) is 45.6 Å². The van der Waals surface area contributed by atoms with Crippen LogP contribution in [0.5, 0.6) is 5.75 Å². The number of benzene rings is 2. The average molecular weight is 505 g/mol. The van der Waals surface area contributed by atoms with Crippen molar-refractivity contribution in [3.8, 4) is 5.75 Å². The molecule has 2 aromatic carbocycles. The van der Waals surface area contributed by atoms with E-state index in [4.69, 9.17) is 26.5 Å². The Morgan fingerprint density at radius 3 is 2.65 bits per heavy atom. The molecular weight excluding hydrogens is 476 g/mol. The summed E-state index contributed by atoms with van der Waals surface area (Å²) in [5, 5.41) is 4.60. The molecule has 0 spiro atoms. The summed E-state index contributed by atoms with van der Waals surface area (Å²) in [7, 11) is 1.74. The fourth-order valence-corrected chi connectivity index (χ4v) is 4.08. The number of nitrogens with one attached hydrogen (secondary N) is 2. The summed E-state index contributed by atoms with van der Waals surface area (Å²) < 4.78 is 13.2. The molecule has 4 rings (SSSR count). The van der Waals surface area contributed by atoms with E-state index in [0.717, 1.165) is 42.7 Å². The van der Waals surface area contributed by atoms with Crippen molar-refractivity contribution in [3.63, 3.8) is 0 Å². The predicted octanol–water partition coefficient (Wildman–Crippen LogP) is 3.00. The number of hydrogen-bond acceptors (Lipinski definition) is 9. The van der Waals surface area contributed by atoms with Crippen LogP contribution in [0.1, 0.15) is 23.6 Å². The lowest BCUT2D eigenvalue weighted by Crippen LogP contribution is -2.43. The maximum absolute atomic E-state index is 13.1. The molecule has 0 saturated carbocycles. The van der Waals surface area contributed by atoms with Gasteiger partial charge in [-0.25, -0.2) is 4.79 Å².